The smallest absolute Gasteiger partial charge is 0.250 e. The summed E-state index contributed by atoms with van der Waals surface area (Å²) in [5.74, 6) is 0.0154. The standard InChI is InChI=1S/C19H21Br4NOSi/c1-19(2,3)26(4,5)24(17-15(22)10-14(21)11-16(17)23)18(25)12-7-6-8-13(20)9-12/h6-11H,1-5H3. The van der Waals surface area contributed by atoms with E-state index in [4.69, 9.17) is 0 Å². The summed E-state index contributed by atoms with van der Waals surface area (Å²) in [6.07, 6.45) is 0. The first kappa shape index (κ1) is 22.3. The lowest BCUT2D eigenvalue weighted by Gasteiger charge is -2.46. The summed E-state index contributed by atoms with van der Waals surface area (Å²) < 4.78 is 5.63. The molecule has 0 spiro atoms. The van der Waals surface area contributed by atoms with Crippen molar-refractivity contribution in [3.8, 4) is 0 Å². The van der Waals surface area contributed by atoms with E-state index in [1.54, 1.807) is 0 Å². The number of carbonyl (C=O) groups is 1. The van der Waals surface area contributed by atoms with E-state index >= 15 is 0 Å². The van der Waals surface area contributed by atoms with E-state index in [2.05, 4.69) is 97.6 Å². The van der Waals surface area contributed by atoms with Crippen molar-refractivity contribution < 1.29 is 4.79 Å². The average molecular weight is 627 g/mol. The van der Waals surface area contributed by atoms with Crippen molar-refractivity contribution in [2.24, 2.45) is 0 Å². The molecule has 0 heterocycles. The van der Waals surface area contributed by atoms with Crippen LogP contribution < -0.4 is 4.57 Å². The minimum absolute atomic E-state index is 0.0133. The Morgan fingerprint density at radius 1 is 0.923 bits per heavy atom. The van der Waals surface area contributed by atoms with Gasteiger partial charge >= 0.3 is 0 Å². The number of nitrogens with zero attached hydrogens (tertiary/aromatic N) is 1. The molecule has 0 aliphatic carbocycles. The molecule has 0 fully saturated rings. The summed E-state index contributed by atoms with van der Waals surface area (Å²) in [6, 6.07) is 11.5. The van der Waals surface area contributed by atoms with E-state index in [1.165, 1.54) is 0 Å². The van der Waals surface area contributed by atoms with Crippen LogP contribution in [0.4, 0.5) is 5.69 Å². The molecule has 0 bridgehead atoms. The molecule has 2 aromatic rings. The lowest BCUT2D eigenvalue weighted by molar-refractivity contribution is 0.100. The highest BCUT2D eigenvalue weighted by molar-refractivity contribution is 9.11. The van der Waals surface area contributed by atoms with Crippen LogP contribution in [0.5, 0.6) is 0 Å². The maximum atomic E-state index is 13.7. The first-order chi connectivity index (χ1) is 11.9. The molecule has 0 aromatic heterocycles. The summed E-state index contributed by atoms with van der Waals surface area (Å²) in [4.78, 5) is 13.7. The predicted octanol–water partition coefficient (Wildman–Crippen LogP) is 8.39. The van der Waals surface area contributed by atoms with Crippen LogP contribution in [-0.4, -0.2) is 14.1 Å². The molecule has 0 aliphatic heterocycles. The normalized spacial score (nSPS) is 12.2. The maximum Gasteiger partial charge on any atom is 0.250 e. The highest BCUT2D eigenvalue weighted by Gasteiger charge is 2.46. The predicted molar refractivity (Wildman–Crippen MR) is 128 cm³/mol. The van der Waals surface area contributed by atoms with Gasteiger partial charge in [-0.05, 0) is 67.2 Å². The number of amides is 1. The zero-order chi connectivity index (χ0) is 19.9. The van der Waals surface area contributed by atoms with Crippen LogP contribution in [-0.2, 0) is 0 Å². The number of hydrogen-bond donors (Lipinski definition) is 0. The third-order valence-electron chi connectivity index (χ3n) is 4.87. The molecule has 140 valence electrons. The second-order valence-corrected chi connectivity index (χ2v) is 16.3. The number of hydrogen-bond acceptors (Lipinski definition) is 1. The highest BCUT2D eigenvalue weighted by atomic mass is 79.9. The van der Waals surface area contributed by atoms with E-state index in [0.717, 1.165) is 23.6 Å². The molecule has 0 unspecified atom stereocenters. The molecule has 0 atom stereocenters. The fourth-order valence-corrected chi connectivity index (χ4v) is 7.92. The molecule has 0 radical (unpaired) electrons. The van der Waals surface area contributed by atoms with Crippen molar-refractivity contribution in [1.82, 2.24) is 0 Å². The van der Waals surface area contributed by atoms with Crippen molar-refractivity contribution in [3.63, 3.8) is 0 Å². The Kier molecular flexibility index (Phi) is 7.04. The van der Waals surface area contributed by atoms with E-state index in [-0.39, 0.29) is 10.9 Å². The molecule has 2 aromatic carbocycles. The van der Waals surface area contributed by atoms with Crippen LogP contribution in [0.3, 0.4) is 0 Å². The van der Waals surface area contributed by atoms with Crippen LogP contribution >= 0.6 is 63.7 Å². The van der Waals surface area contributed by atoms with Gasteiger partial charge in [0.15, 0.2) is 8.24 Å². The fraction of sp³-hybridized carbons (Fsp3) is 0.316. The summed E-state index contributed by atoms with van der Waals surface area (Å²) >= 11 is 14.3. The molecule has 0 aliphatic rings. The largest absolute Gasteiger partial charge is 0.334 e. The van der Waals surface area contributed by atoms with Gasteiger partial charge in [-0.3, -0.25) is 4.79 Å². The number of rotatable bonds is 3. The van der Waals surface area contributed by atoms with E-state index in [0.29, 0.717) is 5.56 Å². The second kappa shape index (κ2) is 8.19. The first-order valence-corrected chi connectivity index (χ1v) is 14.2. The van der Waals surface area contributed by atoms with Gasteiger partial charge in [-0.25, -0.2) is 0 Å². The minimum atomic E-state index is -2.23. The maximum absolute atomic E-state index is 13.7. The second-order valence-electron chi connectivity index (χ2n) is 7.68. The Labute approximate surface area is 190 Å². The molecule has 0 N–H and O–H groups in total. The molecule has 2 rings (SSSR count). The van der Waals surface area contributed by atoms with Crippen LogP contribution in [0, 0.1) is 0 Å². The number of halogens is 4. The summed E-state index contributed by atoms with van der Waals surface area (Å²) in [5, 5.41) is -0.0133. The quantitative estimate of drug-likeness (QED) is 0.314. The molecule has 2 nitrogen and oxygen atoms in total. The van der Waals surface area contributed by atoms with Gasteiger partial charge in [0, 0.05) is 23.5 Å². The highest BCUT2D eigenvalue weighted by Crippen LogP contribution is 2.46. The number of anilines is 1. The van der Waals surface area contributed by atoms with Gasteiger partial charge in [-0.1, -0.05) is 71.8 Å². The molecule has 1 amide bonds. The van der Waals surface area contributed by atoms with Gasteiger partial charge in [-0.15, -0.1) is 0 Å². The van der Waals surface area contributed by atoms with Crippen LogP contribution in [0.25, 0.3) is 0 Å². The molecule has 0 saturated heterocycles. The van der Waals surface area contributed by atoms with Gasteiger partial charge < -0.3 is 4.57 Å². The lowest BCUT2D eigenvalue weighted by atomic mass is 10.2. The Bertz CT molecular complexity index is 823. The monoisotopic (exact) mass is 623 g/mol. The zero-order valence-corrected chi connectivity index (χ0v) is 22.7. The van der Waals surface area contributed by atoms with Gasteiger partial charge in [0.25, 0.3) is 0 Å². The lowest BCUT2D eigenvalue weighted by Crippen LogP contribution is -2.58. The molecular formula is C19H21Br4NOSi. The van der Waals surface area contributed by atoms with Crippen molar-refractivity contribution in [3.05, 3.63) is 59.9 Å². The minimum Gasteiger partial charge on any atom is -0.334 e. The third-order valence-corrected chi connectivity index (χ3v) is 12.2. The Hall–Kier alpha value is 0.0469. The van der Waals surface area contributed by atoms with E-state index < -0.39 is 8.24 Å². The van der Waals surface area contributed by atoms with Gasteiger partial charge in [-0.2, -0.15) is 0 Å². The van der Waals surface area contributed by atoms with E-state index in [1.807, 2.05) is 41.0 Å². The van der Waals surface area contributed by atoms with Crippen molar-refractivity contribution in [2.45, 2.75) is 38.9 Å². The van der Waals surface area contributed by atoms with Gasteiger partial charge in [0.1, 0.15) is 0 Å². The Morgan fingerprint density at radius 3 is 1.92 bits per heavy atom. The van der Waals surface area contributed by atoms with Gasteiger partial charge in [0.2, 0.25) is 5.91 Å². The summed E-state index contributed by atoms with van der Waals surface area (Å²) in [7, 11) is -2.23. The number of benzene rings is 2. The molecule has 7 heteroatoms. The van der Waals surface area contributed by atoms with Crippen molar-refractivity contribution >= 4 is 83.5 Å². The average Bonchev–Trinajstić information content (AvgIpc) is 2.48. The van der Waals surface area contributed by atoms with E-state index in [9.17, 15) is 4.79 Å². The Balaban J connectivity index is 2.75. The SMILES string of the molecule is CC(C)(C)[Si](C)(C)N(C(=O)c1cccc(Br)c1)c1c(Br)cc(Br)cc1Br. The topological polar surface area (TPSA) is 20.3 Å². The third kappa shape index (κ3) is 4.54. The summed E-state index contributed by atoms with van der Waals surface area (Å²) in [6.45, 7) is 11.1. The fourth-order valence-electron chi connectivity index (χ4n) is 2.47. The van der Waals surface area contributed by atoms with Gasteiger partial charge in [0.05, 0.1) is 5.69 Å². The zero-order valence-electron chi connectivity index (χ0n) is 15.3. The van der Waals surface area contributed by atoms with Crippen molar-refractivity contribution in [2.75, 3.05) is 4.57 Å². The van der Waals surface area contributed by atoms with Crippen LogP contribution in [0.2, 0.25) is 18.1 Å². The molecule has 26 heavy (non-hydrogen) atoms. The summed E-state index contributed by atoms with van der Waals surface area (Å²) in [5.41, 5.74) is 1.55. The van der Waals surface area contributed by atoms with Crippen LogP contribution in [0.1, 0.15) is 31.1 Å². The molecule has 0 saturated carbocycles. The van der Waals surface area contributed by atoms with Crippen molar-refractivity contribution in [1.29, 1.82) is 0 Å². The number of carbonyl (C=O) groups excluding carboxylic acids is 1. The first-order valence-electron chi connectivity index (χ1n) is 8.11. The van der Waals surface area contributed by atoms with Crippen LogP contribution in [0.15, 0.2) is 54.3 Å². The molecular weight excluding hydrogens is 606 g/mol. The Morgan fingerprint density at radius 2 is 1.46 bits per heavy atom.